The van der Waals surface area contributed by atoms with Crippen LogP contribution in [0.4, 0.5) is 5.82 Å². The summed E-state index contributed by atoms with van der Waals surface area (Å²) in [6, 6.07) is 15.6. The predicted molar refractivity (Wildman–Crippen MR) is 85.6 cm³/mol. The summed E-state index contributed by atoms with van der Waals surface area (Å²) in [5.74, 6) is 0.853. The summed E-state index contributed by atoms with van der Waals surface area (Å²) < 4.78 is 0. The number of aromatic nitrogens is 1. The van der Waals surface area contributed by atoms with E-state index < -0.39 is 0 Å². The number of rotatable bonds is 6. The number of benzene rings is 1. The summed E-state index contributed by atoms with van der Waals surface area (Å²) in [6.07, 6.45) is 0. The van der Waals surface area contributed by atoms with Gasteiger partial charge >= 0.3 is 0 Å². The third-order valence-electron chi connectivity index (χ3n) is 3.28. The van der Waals surface area contributed by atoms with Crippen LogP contribution in [-0.2, 0) is 0 Å². The normalized spacial score (nSPS) is 11.7. The van der Waals surface area contributed by atoms with Crippen molar-refractivity contribution in [3.05, 3.63) is 59.8 Å². The fraction of sp³-hybridized carbons (Fsp3) is 0.294. The Balaban J connectivity index is 1.94. The molecular formula is C17H21N3O. The maximum absolute atomic E-state index is 12.1. The van der Waals surface area contributed by atoms with Crippen LogP contribution in [0.1, 0.15) is 35.8 Å². The number of amides is 1. The zero-order chi connectivity index (χ0) is 15.1. The Bertz CT molecular complexity index is 584. The van der Waals surface area contributed by atoms with Crippen molar-refractivity contribution in [2.45, 2.75) is 19.8 Å². The van der Waals surface area contributed by atoms with Gasteiger partial charge in [0.25, 0.3) is 5.91 Å². The Morgan fingerprint density at radius 3 is 2.62 bits per heavy atom. The van der Waals surface area contributed by atoms with E-state index >= 15 is 0 Å². The molecule has 0 radical (unpaired) electrons. The highest BCUT2D eigenvalue weighted by molar-refractivity contribution is 5.92. The number of hydrogen-bond acceptors (Lipinski definition) is 3. The summed E-state index contributed by atoms with van der Waals surface area (Å²) in [5, 5.41) is 6.04. The Morgan fingerprint density at radius 2 is 1.90 bits per heavy atom. The molecule has 0 fully saturated rings. The van der Waals surface area contributed by atoms with Crippen molar-refractivity contribution in [2.75, 3.05) is 18.4 Å². The molecule has 4 nitrogen and oxygen atoms in total. The molecule has 1 aromatic heterocycles. The minimum absolute atomic E-state index is 0.141. The van der Waals surface area contributed by atoms with E-state index in [1.807, 2.05) is 37.3 Å². The molecule has 1 heterocycles. The van der Waals surface area contributed by atoms with Crippen LogP contribution < -0.4 is 10.6 Å². The smallest absolute Gasteiger partial charge is 0.269 e. The maximum atomic E-state index is 12.1. The van der Waals surface area contributed by atoms with Gasteiger partial charge in [-0.3, -0.25) is 4.79 Å². The average Bonchev–Trinajstić information content (AvgIpc) is 2.53. The quantitative estimate of drug-likeness (QED) is 0.856. The van der Waals surface area contributed by atoms with Gasteiger partial charge in [0.2, 0.25) is 0 Å². The largest absolute Gasteiger partial charge is 0.370 e. The van der Waals surface area contributed by atoms with Crippen molar-refractivity contribution in [1.82, 2.24) is 10.3 Å². The first kappa shape index (κ1) is 15.0. The van der Waals surface area contributed by atoms with Crippen molar-refractivity contribution in [3.8, 4) is 0 Å². The SMILES string of the molecule is CCNc1cccc(C(=O)NCC(C)c2ccccc2)n1. The van der Waals surface area contributed by atoms with E-state index in [1.165, 1.54) is 5.56 Å². The molecule has 0 aliphatic carbocycles. The second kappa shape index (κ2) is 7.43. The number of nitrogens with one attached hydrogen (secondary N) is 2. The highest BCUT2D eigenvalue weighted by Crippen LogP contribution is 2.13. The van der Waals surface area contributed by atoms with Crippen molar-refractivity contribution in [1.29, 1.82) is 0 Å². The van der Waals surface area contributed by atoms with E-state index in [1.54, 1.807) is 6.07 Å². The van der Waals surface area contributed by atoms with Crippen LogP contribution in [0, 0.1) is 0 Å². The van der Waals surface area contributed by atoms with Crippen LogP contribution in [0.25, 0.3) is 0 Å². The van der Waals surface area contributed by atoms with Crippen molar-refractivity contribution >= 4 is 11.7 Å². The van der Waals surface area contributed by atoms with E-state index in [9.17, 15) is 4.79 Å². The lowest BCUT2D eigenvalue weighted by atomic mass is 10.0. The lowest BCUT2D eigenvalue weighted by molar-refractivity contribution is 0.0947. The van der Waals surface area contributed by atoms with E-state index in [-0.39, 0.29) is 11.8 Å². The summed E-state index contributed by atoms with van der Waals surface area (Å²) in [4.78, 5) is 16.4. The minimum Gasteiger partial charge on any atom is -0.370 e. The van der Waals surface area contributed by atoms with Crippen LogP contribution in [0.2, 0.25) is 0 Å². The fourth-order valence-corrected chi connectivity index (χ4v) is 2.08. The molecule has 2 rings (SSSR count). The molecule has 0 aliphatic rings. The molecule has 2 aromatic rings. The molecule has 0 aliphatic heterocycles. The summed E-state index contributed by atoms with van der Waals surface area (Å²) in [5.41, 5.74) is 1.65. The Labute approximate surface area is 125 Å². The molecule has 0 saturated carbocycles. The Morgan fingerprint density at radius 1 is 1.14 bits per heavy atom. The second-order valence-corrected chi connectivity index (χ2v) is 4.96. The van der Waals surface area contributed by atoms with Crippen LogP contribution in [0.15, 0.2) is 48.5 Å². The van der Waals surface area contributed by atoms with Crippen LogP contribution in [-0.4, -0.2) is 24.0 Å². The Kier molecular flexibility index (Phi) is 5.32. The summed E-state index contributed by atoms with van der Waals surface area (Å²) >= 11 is 0. The fourth-order valence-electron chi connectivity index (χ4n) is 2.08. The molecule has 0 saturated heterocycles. The zero-order valence-corrected chi connectivity index (χ0v) is 12.5. The first-order chi connectivity index (χ1) is 10.2. The molecular weight excluding hydrogens is 262 g/mol. The predicted octanol–water partition coefficient (Wildman–Crippen LogP) is 3.05. The number of hydrogen-bond donors (Lipinski definition) is 2. The minimum atomic E-state index is -0.141. The molecule has 0 spiro atoms. The molecule has 4 heteroatoms. The number of carbonyl (C=O) groups is 1. The third kappa shape index (κ3) is 4.31. The van der Waals surface area contributed by atoms with Crippen molar-refractivity contribution in [2.24, 2.45) is 0 Å². The van der Waals surface area contributed by atoms with E-state index in [0.29, 0.717) is 12.2 Å². The van der Waals surface area contributed by atoms with Gasteiger partial charge in [0.05, 0.1) is 0 Å². The summed E-state index contributed by atoms with van der Waals surface area (Å²) in [6.45, 7) is 5.47. The van der Waals surface area contributed by atoms with Gasteiger partial charge in [-0.05, 0) is 30.5 Å². The number of nitrogens with zero attached hydrogens (tertiary/aromatic N) is 1. The topological polar surface area (TPSA) is 54.0 Å². The molecule has 1 unspecified atom stereocenters. The third-order valence-corrected chi connectivity index (χ3v) is 3.28. The monoisotopic (exact) mass is 283 g/mol. The first-order valence-electron chi connectivity index (χ1n) is 7.24. The van der Waals surface area contributed by atoms with E-state index in [0.717, 1.165) is 12.4 Å². The lowest BCUT2D eigenvalue weighted by Crippen LogP contribution is -2.28. The van der Waals surface area contributed by atoms with Crippen LogP contribution >= 0.6 is 0 Å². The van der Waals surface area contributed by atoms with Gasteiger partial charge in [0.1, 0.15) is 11.5 Å². The number of pyridine rings is 1. The molecule has 1 amide bonds. The number of carbonyl (C=O) groups excluding carboxylic acids is 1. The van der Waals surface area contributed by atoms with Gasteiger partial charge in [-0.1, -0.05) is 43.3 Å². The average molecular weight is 283 g/mol. The van der Waals surface area contributed by atoms with E-state index in [4.69, 9.17) is 0 Å². The molecule has 0 bridgehead atoms. The zero-order valence-electron chi connectivity index (χ0n) is 12.5. The van der Waals surface area contributed by atoms with Gasteiger partial charge in [-0.25, -0.2) is 4.98 Å². The van der Waals surface area contributed by atoms with E-state index in [2.05, 4.69) is 34.7 Å². The standard InChI is InChI=1S/C17H21N3O/c1-3-18-16-11-7-10-15(20-16)17(21)19-12-13(2)14-8-5-4-6-9-14/h4-11,13H,3,12H2,1-2H3,(H,18,20)(H,19,21). The van der Waals surface area contributed by atoms with Crippen molar-refractivity contribution in [3.63, 3.8) is 0 Å². The van der Waals surface area contributed by atoms with Crippen LogP contribution in [0.5, 0.6) is 0 Å². The van der Waals surface area contributed by atoms with Gasteiger partial charge in [-0.2, -0.15) is 0 Å². The van der Waals surface area contributed by atoms with Gasteiger partial charge in [-0.15, -0.1) is 0 Å². The van der Waals surface area contributed by atoms with Crippen molar-refractivity contribution < 1.29 is 4.79 Å². The molecule has 2 N–H and O–H groups in total. The van der Waals surface area contributed by atoms with Gasteiger partial charge in [0, 0.05) is 13.1 Å². The lowest BCUT2D eigenvalue weighted by Gasteiger charge is -2.13. The van der Waals surface area contributed by atoms with Gasteiger partial charge in [0.15, 0.2) is 0 Å². The highest BCUT2D eigenvalue weighted by Gasteiger charge is 2.10. The molecule has 1 aromatic carbocycles. The molecule has 21 heavy (non-hydrogen) atoms. The summed E-state index contributed by atoms with van der Waals surface area (Å²) in [7, 11) is 0. The molecule has 110 valence electrons. The first-order valence-corrected chi connectivity index (χ1v) is 7.24. The second-order valence-electron chi connectivity index (χ2n) is 4.96. The van der Waals surface area contributed by atoms with Crippen LogP contribution in [0.3, 0.4) is 0 Å². The highest BCUT2D eigenvalue weighted by atomic mass is 16.1. The van der Waals surface area contributed by atoms with Gasteiger partial charge < -0.3 is 10.6 Å². The number of anilines is 1. The Hall–Kier alpha value is -2.36. The maximum Gasteiger partial charge on any atom is 0.269 e. The molecule has 1 atom stereocenters.